The van der Waals surface area contributed by atoms with Crippen LogP contribution >= 0.6 is 0 Å². The molecule has 1 aromatic rings. The molecular formula is C12H20N4O2S. The Morgan fingerprint density at radius 3 is 2.89 bits per heavy atom. The maximum Gasteiger partial charge on any atom is 0.213 e. The molecule has 0 radical (unpaired) electrons. The lowest BCUT2D eigenvalue weighted by atomic mass is 10.2. The van der Waals surface area contributed by atoms with Gasteiger partial charge in [0.05, 0.1) is 17.1 Å². The monoisotopic (exact) mass is 284 g/mol. The van der Waals surface area contributed by atoms with Crippen molar-refractivity contribution in [3.63, 3.8) is 0 Å². The normalized spacial score (nSPS) is 19.9. The summed E-state index contributed by atoms with van der Waals surface area (Å²) in [6.07, 6.45) is 3.59. The topological polar surface area (TPSA) is 75.2 Å². The van der Waals surface area contributed by atoms with E-state index >= 15 is 0 Å². The van der Waals surface area contributed by atoms with Crippen LogP contribution in [0.15, 0.2) is 6.20 Å². The zero-order chi connectivity index (χ0) is 14.0. The lowest BCUT2D eigenvalue weighted by molar-refractivity contribution is 0.577. The van der Waals surface area contributed by atoms with E-state index in [1.165, 1.54) is 7.05 Å². The summed E-state index contributed by atoms with van der Waals surface area (Å²) in [5, 5.41) is 0. The number of anilines is 1. The Labute approximate surface area is 114 Å². The first kappa shape index (κ1) is 14.2. The molecule has 0 unspecified atom stereocenters. The first-order chi connectivity index (χ1) is 8.93. The fourth-order valence-corrected chi connectivity index (χ4v) is 3.44. The fraction of sp³-hybridized carbons (Fsp3) is 0.667. The zero-order valence-corrected chi connectivity index (χ0v) is 12.4. The van der Waals surface area contributed by atoms with Crippen LogP contribution in [-0.2, 0) is 10.0 Å². The Kier molecular flexibility index (Phi) is 4.05. The Morgan fingerprint density at radius 2 is 2.21 bits per heavy atom. The lowest BCUT2D eigenvalue weighted by Gasteiger charge is -2.26. The van der Waals surface area contributed by atoms with Gasteiger partial charge in [0.25, 0.3) is 0 Å². The minimum absolute atomic E-state index is 0.0211. The predicted octanol–water partition coefficient (Wildman–Crippen LogP) is 0.611. The molecule has 0 aromatic carbocycles. The van der Waals surface area contributed by atoms with E-state index in [-0.39, 0.29) is 11.8 Å². The van der Waals surface area contributed by atoms with Gasteiger partial charge in [0.2, 0.25) is 10.0 Å². The van der Waals surface area contributed by atoms with Crippen molar-refractivity contribution in [2.75, 3.05) is 24.2 Å². The molecule has 0 amide bonds. The average molecular weight is 284 g/mol. The van der Waals surface area contributed by atoms with Crippen molar-refractivity contribution in [2.24, 2.45) is 0 Å². The van der Waals surface area contributed by atoms with Gasteiger partial charge in [-0.1, -0.05) is 0 Å². The molecule has 0 saturated carbocycles. The summed E-state index contributed by atoms with van der Waals surface area (Å²) in [6.45, 7) is 4.64. The Bertz CT molecular complexity index is 559. The molecule has 19 heavy (non-hydrogen) atoms. The zero-order valence-electron chi connectivity index (χ0n) is 11.5. The van der Waals surface area contributed by atoms with E-state index in [1.54, 1.807) is 6.20 Å². The summed E-state index contributed by atoms with van der Waals surface area (Å²) in [7, 11) is -1.76. The molecule has 1 saturated heterocycles. The number of aromatic nitrogens is 2. The van der Waals surface area contributed by atoms with Crippen LogP contribution in [0.1, 0.15) is 24.2 Å². The van der Waals surface area contributed by atoms with Gasteiger partial charge in [-0.3, -0.25) is 4.98 Å². The molecule has 0 bridgehead atoms. The molecular weight excluding hydrogens is 264 g/mol. The summed E-state index contributed by atoms with van der Waals surface area (Å²) in [4.78, 5) is 10.9. The van der Waals surface area contributed by atoms with Gasteiger partial charge in [0.1, 0.15) is 0 Å². The Morgan fingerprint density at radius 1 is 1.47 bits per heavy atom. The molecule has 0 spiro atoms. The van der Waals surface area contributed by atoms with Gasteiger partial charge in [0.15, 0.2) is 5.82 Å². The van der Waals surface area contributed by atoms with Crippen LogP contribution in [0.5, 0.6) is 0 Å². The van der Waals surface area contributed by atoms with Gasteiger partial charge >= 0.3 is 0 Å². The van der Waals surface area contributed by atoms with Crippen LogP contribution < -0.4 is 9.62 Å². The maximum atomic E-state index is 11.7. The molecule has 1 atom stereocenters. The molecule has 6 nitrogen and oxygen atoms in total. The maximum absolute atomic E-state index is 11.7. The number of nitrogens with one attached hydrogen (secondary N) is 1. The highest BCUT2D eigenvalue weighted by Gasteiger charge is 2.30. The largest absolute Gasteiger partial charge is 0.351 e. The molecule has 2 rings (SSSR count). The molecule has 1 fully saturated rings. The van der Waals surface area contributed by atoms with Gasteiger partial charge in [-0.05, 0) is 33.7 Å². The summed E-state index contributed by atoms with van der Waals surface area (Å²) in [5.41, 5.74) is 1.70. The highest BCUT2D eigenvalue weighted by molar-refractivity contribution is 7.89. The van der Waals surface area contributed by atoms with E-state index in [4.69, 9.17) is 0 Å². The van der Waals surface area contributed by atoms with Crippen molar-refractivity contribution in [2.45, 2.75) is 32.7 Å². The van der Waals surface area contributed by atoms with Crippen molar-refractivity contribution in [3.8, 4) is 0 Å². The van der Waals surface area contributed by atoms with Crippen molar-refractivity contribution in [1.29, 1.82) is 0 Å². The van der Waals surface area contributed by atoms with Crippen LogP contribution in [0.3, 0.4) is 0 Å². The molecule has 1 aromatic heterocycles. The van der Waals surface area contributed by atoms with E-state index in [9.17, 15) is 8.42 Å². The number of hydrogen-bond acceptors (Lipinski definition) is 5. The number of sulfonamides is 1. The lowest BCUT2D eigenvalue weighted by Crippen LogP contribution is -2.39. The van der Waals surface area contributed by atoms with E-state index in [0.29, 0.717) is 0 Å². The van der Waals surface area contributed by atoms with E-state index in [2.05, 4.69) is 19.6 Å². The van der Waals surface area contributed by atoms with Crippen molar-refractivity contribution < 1.29 is 8.42 Å². The summed E-state index contributed by atoms with van der Waals surface area (Å²) in [6, 6.07) is -0.0211. The Hall–Kier alpha value is -1.21. The SMILES string of the molecule is CNS(=O)(=O)C[C@H]1CCCN1c1nc(C)cnc1C. The average Bonchev–Trinajstić information content (AvgIpc) is 2.79. The van der Waals surface area contributed by atoms with Crippen LogP contribution in [0, 0.1) is 13.8 Å². The highest BCUT2D eigenvalue weighted by Crippen LogP contribution is 2.26. The number of aryl methyl sites for hydroxylation is 2. The van der Waals surface area contributed by atoms with Crippen LogP contribution in [-0.4, -0.2) is 43.8 Å². The molecule has 2 heterocycles. The number of hydrogen-bond donors (Lipinski definition) is 1. The Balaban J connectivity index is 2.26. The standard InChI is InChI=1S/C12H20N4O2S/c1-9-7-14-10(2)12(15-9)16-6-4-5-11(16)8-19(17,18)13-3/h7,11,13H,4-6,8H2,1-3H3/t11-/m1/s1. The second-order valence-electron chi connectivity index (χ2n) is 4.90. The third-order valence-electron chi connectivity index (χ3n) is 3.42. The number of nitrogens with zero attached hydrogens (tertiary/aromatic N) is 3. The second kappa shape index (κ2) is 5.42. The molecule has 1 N–H and O–H groups in total. The summed E-state index contributed by atoms with van der Waals surface area (Å²) < 4.78 is 25.8. The quantitative estimate of drug-likeness (QED) is 0.877. The first-order valence-corrected chi connectivity index (χ1v) is 8.06. The van der Waals surface area contributed by atoms with Gasteiger partial charge < -0.3 is 4.90 Å². The van der Waals surface area contributed by atoms with E-state index in [1.807, 2.05) is 13.8 Å². The molecule has 106 valence electrons. The van der Waals surface area contributed by atoms with Crippen molar-refractivity contribution >= 4 is 15.8 Å². The van der Waals surface area contributed by atoms with Gasteiger partial charge in [0, 0.05) is 18.8 Å². The van der Waals surface area contributed by atoms with Gasteiger partial charge in [-0.25, -0.2) is 18.1 Å². The molecule has 7 heteroatoms. The van der Waals surface area contributed by atoms with Crippen LogP contribution in [0.4, 0.5) is 5.82 Å². The van der Waals surface area contributed by atoms with Crippen molar-refractivity contribution in [3.05, 3.63) is 17.6 Å². The molecule has 1 aliphatic rings. The third kappa shape index (κ3) is 3.22. The van der Waals surface area contributed by atoms with Crippen molar-refractivity contribution in [1.82, 2.24) is 14.7 Å². The number of rotatable bonds is 4. The third-order valence-corrected chi connectivity index (χ3v) is 4.87. The minimum atomic E-state index is -3.21. The van der Waals surface area contributed by atoms with E-state index < -0.39 is 10.0 Å². The highest BCUT2D eigenvalue weighted by atomic mass is 32.2. The summed E-state index contributed by atoms with van der Waals surface area (Å²) in [5.74, 6) is 0.923. The molecule has 0 aliphatic carbocycles. The van der Waals surface area contributed by atoms with Gasteiger partial charge in [-0.15, -0.1) is 0 Å². The van der Waals surface area contributed by atoms with Crippen LogP contribution in [0.2, 0.25) is 0 Å². The van der Waals surface area contributed by atoms with E-state index in [0.717, 1.165) is 36.6 Å². The fourth-order valence-electron chi connectivity index (χ4n) is 2.42. The summed E-state index contributed by atoms with van der Waals surface area (Å²) >= 11 is 0. The first-order valence-electron chi connectivity index (χ1n) is 6.41. The minimum Gasteiger partial charge on any atom is -0.351 e. The predicted molar refractivity (Wildman–Crippen MR) is 74.7 cm³/mol. The second-order valence-corrected chi connectivity index (χ2v) is 6.87. The van der Waals surface area contributed by atoms with Crippen LogP contribution in [0.25, 0.3) is 0 Å². The smallest absolute Gasteiger partial charge is 0.213 e. The van der Waals surface area contributed by atoms with Gasteiger partial charge in [-0.2, -0.15) is 0 Å². The molecule has 1 aliphatic heterocycles.